The molecule has 10 heteroatoms. The first kappa shape index (κ1) is 27.3. The number of aliphatic hydroxyl groups is 1. The summed E-state index contributed by atoms with van der Waals surface area (Å²) >= 11 is 0. The molecule has 3 aromatic carbocycles. The number of rotatable bonds is 11. The summed E-state index contributed by atoms with van der Waals surface area (Å²) in [6, 6.07) is 20.2. The van der Waals surface area contributed by atoms with Gasteiger partial charge in [-0.2, -0.15) is 0 Å². The van der Waals surface area contributed by atoms with E-state index in [9.17, 15) is 19.5 Å². The molecule has 2 atom stereocenters. The number of anilines is 1. The molecule has 3 rings (SSSR count). The predicted molar refractivity (Wildman–Crippen MR) is 138 cm³/mol. The number of aliphatic hydroxyl groups excluding tert-OH is 1. The molecule has 10 nitrogen and oxygen atoms in total. The van der Waals surface area contributed by atoms with Gasteiger partial charge in [0.25, 0.3) is 11.8 Å². The normalized spacial score (nSPS) is 12.2. The first-order chi connectivity index (χ1) is 17.8. The second-order valence-corrected chi connectivity index (χ2v) is 8.29. The van der Waals surface area contributed by atoms with Crippen LogP contribution in [0.25, 0.3) is 11.1 Å². The summed E-state index contributed by atoms with van der Waals surface area (Å²) in [5.74, 6) is -0.904. The molecule has 0 radical (unpaired) electrons. The van der Waals surface area contributed by atoms with Gasteiger partial charge in [-0.05, 0) is 48.4 Å². The lowest BCUT2D eigenvalue weighted by molar-refractivity contribution is -0.133. The summed E-state index contributed by atoms with van der Waals surface area (Å²) in [7, 11) is 1.61. The van der Waals surface area contributed by atoms with Crippen molar-refractivity contribution in [1.29, 1.82) is 0 Å². The van der Waals surface area contributed by atoms with Crippen LogP contribution in [-0.2, 0) is 16.1 Å². The van der Waals surface area contributed by atoms with Gasteiger partial charge in [-0.15, -0.1) is 0 Å². The van der Waals surface area contributed by atoms with E-state index < -0.39 is 24.0 Å². The van der Waals surface area contributed by atoms with Gasteiger partial charge < -0.3 is 25.8 Å². The Bertz CT molecular complexity index is 1210. The molecule has 0 aromatic heterocycles. The first-order valence-electron chi connectivity index (χ1n) is 11.6. The van der Waals surface area contributed by atoms with Gasteiger partial charge in [-0.25, -0.2) is 5.48 Å². The molecular weight excluding hydrogens is 476 g/mol. The number of hydroxylamine groups is 1. The topological polar surface area (TPSA) is 149 Å². The summed E-state index contributed by atoms with van der Waals surface area (Å²) in [6.07, 6.45) is -1.20. The zero-order valence-corrected chi connectivity index (χ0v) is 20.5. The van der Waals surface area contributed by atoms with Crippen molar-refractivity contribution in [1.82, 2.24) is 16.1 Å². The van der Waals surface area contributed by atoms with Gasteiger partial charge in [-0.3, -0.25) is 19.6 Å². The van der Waals surface area contributed by atoms with Crippen LogP contribution < -0.4 is 26.2 Å². The van der Waals surface area contributed by atoms with Crippen molar-refractivity contribution in [3.05, 3.63) is 83.9 Å². The predicted octanol–water partition coefficient (Wildman–Crippen LogP) is 2.08. The fourth-order valence-corrected chi connectivity index (χ4v) is 3.62. The Morgan fingerprint density at radius 3 is 2.14 bits per heavy atom. The number of carbonyl (C=O) groups is 3. The van der Waals surface area contributed by atoms with Crippen molar-refractivity contribution in [2.24, 2.45) is 0 Å². The minimum Gasteiger partial charge on any atom is -0.496 e. The molecule has 0 aliphatic rings. The molecule has 0 aliphatic heterocycles. The number of para-hydroxylation sites is 1. The Labute approximate surface area is 214 Å². The summed E-state index contributed by atoms with van der Waals surface area (Å²) in [4.78, 5) is 36.3. The molecule has 6 N–H and O–H groups in total. The maximum Gasteiger partial charge on any atom is 0.268 e. The molecule has 0 saturated heterocycles. The van der Waals surface area contributed by atoms with Gasteiger partial charge in [0, 0.05) is 23.4 Å². The highest BCUT2D eigenvalue weighted by atomic mass is 16.5. The number of benzene rings is 3. The van der Waals surface area contributed by atoms with Gasteiger partial charge in [0.1, 0.15) is 11.8 Å². The monoisotopic (exact) mass is 506 g/mol. The fourth-order valence-electron chi connectivity index (χ4n) is 3.62. The van der Waals surface area contributed by atoms with Crippen LogP contribution in [0.4, 0.5) is 5.69 Å². The molecule has 3 aromatic rings. The summed E-state index contributed by atoms with van der Waals surface area (Å²) in [6.45, 7) is 1.96. The average molecular weight is 507 g/mol. The van der Waals surface area contributed by atoms with E-state index in [-0.39, 0.29) is 18.0 Å². The number of carbonyl (C=O) groups excluding carboxylic acids is 3. The lowest BCUT2D eigenvalue weighted by atomic mass is 10.0. The second kappa shape index (κ2) is 13.2. The Morgan fingerprint density at radius 1 is 0.919 bits per heavy atom. The number of nitrogens with one attached hydrogen (secondary N) is 4. The largest absolute Gasteiger partial charge is 0.496 e. The number of amides is 3. The van der Waals surface area contributed by atoms with Crippen molar-refractivity contribution < 1.29 is 29.4 Å². The minimum atomic E-state index is -1.30. The lowest BCUT2D eigenvalue weighted by Gasteiger charge is -2.19. The Balaban J connectivity index is 1.53. The third-order valence-corrected chi connectivity index (χ3v) is 5.60. The maximum absolute atomic E-state index is 12.4. The summed E-state index contributed by atoms with van der Waals surface area (Å²) in [5.41, 5.74) is 5.03. The number of hydrogen-bond donors (Lipinski definition) is 6. The molecule has 0 fully saturated rings. The standard InChI is InChI=1S/C27H30N4O6/c1-17(32)25(27(35)31-36)30-26(34)20-9-7-18(8-10-20)19-11-13-22(14-12-19)29-24(33)16-28-15-21-5-3-4-6-23(21)37-2/h3-14,17,25,28,32,36H,15-16H2,1-2H3,(H,29,33)(H,30,34)(H,31,35)/t17-,25+/m1/s1. The van der Waals surface area contributed by atoms with Gasteiger partial charge >= 0.3 is 0 Å². The van der Waals surface area contributed by atoms with Gasteiger partial charge in [-0.1, -0.05) is 42.5 Å². The molecular formula is C27H30N4O6. The Hall–Kier alpha value is -4.25. The smallest absolute Gasteiger partial charge is 0.268 e. The SMILES string of the molecule is COc1ccccc1CNCC(=O)Nc1ccc(-c2ccc(C(=O)N[C@H](C(=O)NO)[C@@H](C)O)cc2)cc1. The van der Waals surface area contributed by atoms with E-state index in [1.807, 2.05) is 36.4 Å². The van der Waals surface area contributed by atoms with Crippen LogP contribution in [0.15, 0.2) is 72.8 Å². The molecule has 0 heterocycles. The van der Waals surface area contributed by atoms with E-state index in [1.54, 1.807) is 43.5 Å². The second-order valence-electron chi connectivity index (χ2n) is 8.29. The number of methoxy groups -OCH3 is 1. The van der Waals surface area contributed by atoms with Gasteiger partial charge in [0.05, 0.1) is 19.8 Å². The zero-order valence-electron chi connectivity index (χ0n) is 20.5. The fraction of sp³-hybridized carbons (Fsp3) is 0.222. The van der Waals surface area contributed by atoms with Crippen molar-refractivity contribution in [3.8, 4) is 16.9 Å². The van der Waals surface area contributed by atoms with Crippen LogP contribution in [-0.4, -0.2) is 53.8 Å². The summed E-state index contributed by atoms with van der Waals surface area (Å²) in [5, 5.41) is 26.8. The summed E-state index contributed by atoms with van der Waals surface area (Å²) < 4.78 is 5.31. The maximum atomic E-state index is 12.4. The zero-order chi connectivity index (χ0) is 26.8. The minimum absolute atomic E-state index is 0.138. The molecule has 3 amide bonds. The molecule has 0 unspecified atom stereocenters. The van der Waals surface area contributed by atoms with Crippen LogP contribution in [0.5, 0.6) is 5.75 Å². The van der Waals surface area contributed by atoms with Crippen LogP contribution in [0.2, 0.25) is 0 Å². The van der Waals surface area contributed by atoms with Gasteiger partial charge in [0.15, 0.2) is 0 Å². The van der Waals surface area contributed by atoms with E-state index in [4.69, 9.17) is 9.94 Å². The van der Waals surface area contributed by atoms with Crippen LogP contribution >= 0.6 is 0 Å². The molecule has 0 saturated carbocycles. The van der Waals surface area contributed by atoms with Crippen molar-refractivity contribution in [3.63, 3.8) is 0 Å². The van der Waals surface area contributed by atoms with Crippen LogP contribution in [0, 0.1) is 0 Å². The van der Waals surface area contributed by atoms with E-state index in [0.29, 0.717) is 12.2 Å². The van der Waals surface area contributed by atoms with Crippen molar-refractivity contribution >= 4 is 23.4 Å². The Morgan fingerprint density at radius 2 is 1.54 bits per heavy atom. The molecule has 37 heavy (non-hydrogen) atoms. The number of ether oxygens (including phenoxy) is 1. The molecule has 0 spiro atoms. The number of hydrogen-bond acceptors (Lipinski definition) is 7. The lowest BCUT2D eigenvalue weighted by Crippen LogP contribution is -2.51. The van der Waals surface area contributed by atoms with Crippen molar-refractivity contribution in [2.75, 3.05) is 19.0 Å². The van der Waals surface area contributed by atoms with E-state index in [2.05, 4.69) is 16.0 Å². The van der Waals surface area contributed by atoms with Gasteiger partial charge in [0.2, 0.25) is 5.91 Å². The quantitative estimate of drug-likeness (QED) is 0.172. The molecule has 0 aliphatic carbocycles. The van der Waals surface area contributed by atoms with Crippen molar-refractivity contribution in [2.45, 2.75) is 25.6 Å². The third-order valence-electron chi connectivity index (χ3n) is 5.60. The first-order valence-corrected chi connectivity index (χ1v) is 11.6. The van der Waals surface area contributed by atoms with E-state index >= 15 is 0 Å². The van der Waals surface area contributed by atoms with E-state index in [0.717, 1.165) is 22.4 Å². The highest BCUT2D eigenvalue weighted by Crippen LogP contribution is 2.22. The molecule has 194 valence electrons. The highest BCUT2D eigenvalue weighted by molar-refractivity contribution is 5.98. The Kier molecular flexibility index (Phi) is 9.73. The van der Waals surface area contributed by atoms with Crippen LogP contribution in [0.3, 0.4) is 0 Å². The highest BCUT2D eigenvalue weighted by Gasteiger charge is 2.25. The molecule has 0 bridgehead atoms. The van der Waals surface area contributed by atoms with E-state index in [1.165, 1.54) is 12.4 Å². The average Bonchev–Trinajstić information content (AvgIpc) is 2.91. The third kappa shape index (κ3) is 7.61. The van der Waals surface area contributed by atoms with Crippen LogP contribution in [0.1, 0.15) is 22.8 Å².